The van der Waals surface area contributed by atoms with Gasteiger partial charge in [-0.15, -0.1) is 0 Å². The number of anilines is 1. The summed E-state index contributed by atoms with van der Waals surface area (Å²) in [5, 5.41) is 0.332. The summed E-state index contributed by atoms with van der Waals surface area (Å²) in [6.07, 6.45) is 0. The van der Waals surface area contributed by atoms with Gasteiger partial charge in [0.05, 0.1) is 27.9 Å². The molecule has 2 N–H and O–H groups in total. The molecule has 0 aliphatic rings. The van der Waals surface area contributed by atoms with Crippen molar-refractivity contribution in [1.82, 2.24) is 0 Å². The molecular weight excluding hydrogens is 378 g/mol. The lowest BCUT2D eigenvalue weighted by Crippen LogP contribution is -2.08. The molecule has 0 aromatic heterocycles. The van der Waals surface area contributed by atoms with Crippen LogP contribution in [0.1, 0.15) is 5.56 Å². The second-order valence-electron chi connectivity index (χ2n) is 4.41. The van der Waals surface area contributed by atoms with Crippen molar-refractivity contribution in [3.05, 3.63) is 51.5 Å². The van der Waals surface area contributed by atoms with E-state index in [1.54, 1.807) is 31.4 Å². The maximum absolute atomic E-state index is 12.5. The van der Waals surface area contributed by atoms with Crippen LogP contribution in [0.4, 0.5) is 5.69 Å². The Kier molecular flexibility index (Phi) is 4.81. The molecular formula is C14H13BrClNO3S. The molecule has 112 valence electrons. The summed E-state index contributed by atoms with van der Waals surface area (Å²) in [5.74, 6) is 0.471. The Labute approximate surface area is 136 Å². The largest absolute Gasteiger partial charge is 0.496 e. The number of rotatable bonds is 4. The number of hydrogen-bond donors (Lipinski definition) is 1. The molecule has 7 heteroatoms. The van der Waals surface area contributed by atoms with Crippen LogP contribution in [0.15, 0.2) is 45.8 Å². The van der Waals surface area contributed by atoms with Crippen molar-refractivity contribution in [2.45, 2.75) is 10.6 Å². The molecule has 0 aliphatic carbocycles. The van der Waals surface area contributed by atoms with E-state index in [1.807, 2.05) is 0 Å². The maximum Gasteiger partial charge on any atom is 0.184 e. The summed E-state index contributed by atoms with van der Waals surface area (Å²) >= 11 is 9.18. The number of methoxy groups -OCH3 is 1. The van der Waals surface area contributed by atoms with E-state index in [9.17, 15) is 8.42 Å². The lowest BCUT2D eigenvalue weighted by molar-refractivity contribution is 0.412. The zero-order valence-corrected chi connectivity index (χ0v) is 14.3. The van der Waals surface area contributed by atoms with Gasteiger partial charge in [0.15, 0.2) is 9.84 Å². The minimum atomic E-state index is -3.57. The Morgan fingerprint density at radius 1 is 1.24 bits per heavy atom. The first-order valence-corrected chi connectivity index (χ1v) is 8.76. The fraction of sp³-hybridized carbons (Fsp3) is 0.143. The van der Waals surface area contributed by atoms with Crippen LogP contribution < -0.4 is 10.5 Å². The molecule has 2 rings (SSSR count). The van der Waals surface area contributed by atoms with E-state index >= 15 is 0 Å². The van der Waals surface area contributed by atoms with E-state index < -0.39 is 9.84 Å². The smallest absolute Gasteiger partial charge is 0.184 e. The van der Waals surface area contributed by atoms with Crippen LogP contribution in [0.5, 0.6) is 5.75 Å². The zero-order valence-electron chi connectivity index (χ0n) is 11.1. The van der Waals surface area contributed by atoms with Crippen molar-refractivity contribution < 1.29 is 13.2 Å². The molecule has 0 spiro atoms. The molecule has 0 aliphatic heterocycles. The van der Waals surface area contributed by atoms with Gasteiger partial charge in [-0.3, -0.25) is 0 Å². The van der Waals surface area contributed by atoms with Gasteiger partial charge in [-0.1, -0.05) is 17.7 Å². The lowest BCUT2D eigenvalue weighted by Gasteiger charge is -2.09. The Hall–Kier alpha value is -1.24. The van der Waals surface area contributed by atoms with Crippen molar-refractivity contribution in [3.8, 4) is 5.75 Å². The van der Waals surface area contributed by atoms with E-state index in [2.05, 4.69) is 15.9 Å². The number of benzene rings is 2. The van der Waals surface area contributed by atoms with E-state index in [-0.39, 0.29) is 16.3 Å². The summed E-state index contributed by atoms with van der Waals surface area (Å²) in [5.41, 5.74) is 6.55. The molecule has 0 bridgehead atoms. The zero-order chi connectivity index (χ0) is 15.6. The molecule has 0 atom stereocenters. The predicted octanol–water partition coefficient (Wildman–Crippen LogP) is 3.67. The highest BCUT2D eigenvalue weighted by molar-refractivity contribution is 9.10. The summed E-state index contributed by atoms with van der Waals surface area (Å²) in [6, 6.07) is 9.51. The topological polar surface area (TPSA) is 69.4 Å². The number of hydrogen-bond acceptors (Lipinski definition) is 4. The van der Waals surface area contributed by atoms with Crippen molar-refractivity contribution in [3.63, 3.8) is 0 Å². The third-order valence-electron chi connectivity index (χ3n) is 2.88. The molecule has 21 heavy (non-hydrogen) atoms. The SMILES string of the molecule is COc1ccc(CS(=O)(=O)c2cc(Cl)ccc2N)cc1Br. The predicted molar refractivity (Wildman–Crippen MR) is 87.4 cm³/mol. The third kappa shape index (κ3) is 3.70. The van der Waals surface area contributed by atoms with Crippen molar-refractivity contribution >= 4 is 43.1 Å². The van der Waals surface area contributed by atoms with Crippen LogP contribution in [0.3, 0.4) is 0 Å². The second kappa shape index (κ2) is 6.25. The van der Waals surface area contributed by atoms with Gasteiger partial charge in [-0.05, 0) is 51.8 Å². The first kappa shape index (κ1) is 16.1. The van der Waals surface area contributed by atoms with Gasteiger partial charge >= 0.3 is 0 Å². The summed E-state index contributed by atoms with van der Waals surface area (Å²) in [4.78, 5) is 0.0435. The highest BCUT2D eigenvalue weighted by atomic mass is 79.9. The van der Waals surface area contributed by atoms with Crippen LogP contribution >= 0.6 is 27.5 Å². The monoisotopic (exact) mass is 389 g/mol. The van der Waals surface area contributed by atoms with Gasteiger partial charge in [0.25, 0.3) is 0 Å². The van der Waals surface area contributed by atoms with Crippen LogP contribution in [0.25, 0.3) is 0 Å². The van der Waals surface area contributed by atoms with E-state index in [0.29, 0.717) is 20.8 Å². The van der Waals surface area contributed by atoms with Gasteiger partial charge in [0.1, 0.15) is 5.75 Å². The van der Waals surface area contributed by atoms with Crippen molar-refractivity contribution in [2.75, 3.05) is 12.8 Å². The summed E-state index contributed by atoms with van der Waals surface area (Å²) < 4.78 is 30.7. The summed E-state index contributed by atoms with van der Waals surface area (Å²) in [6.45, 7) is 0. The van der Waals surface area contributed by atoms with Gasteiger partial charge in [0, 0.05) is 5.02 Å². The number of nitrogen functional groups attached to an aromatic ring is 1. The number of ether oxygens (including phenoxy) is 1. The highest BCUT2D eigenvalue weighted by Gasteiger charge is 2.19. The molecule has 2 aromatic rings. The van der Waals surface area contributed by atoms with Crippen LogP contribution in [-0.4, -0.2) is 15.5 Å². The molecule has 2 aromatic carbocycles. The van der Waals surface area contributed by atoms with Crippen LogP contribution in [-0.2, 0) is 15.6 Å². The molecule has 0 saturated heterocycles. The lowest BCUT2D eigenvalue weighted by atomic mass is 10.2. The van der Waals surface area contributed by atoms with E-state index in [4.69, 9.17) is 22.1 Å². The van der Waals surface area contributed by atoms with E-state index in [0.717, 1.165) is 0 Å². The number of halogens is 2. The van der Waals surface area contributed by atoms with Crippen molar-refractivity contribution in [2.24, 2.45) is 0 Å². The molecule has 0 fully saturated rings. The van der Waals surface area contributed by atoms with E-state index in [1.165, 1.54) is 12.1 Å². The van der Waals surface area contributed by atoms with Crippen molar-refractivity contribution in [1.29, 1.82) is 0 Å². The average Bonchev–Trinajstić information content (AvgIpc) is 2.41. The average molecular weight is 391 g/mol. The van der Waals surface area contributed by atoms with Gasteiger partial charge in [-0.2, -0.15) is 0 Å². The third-order valence-corrected chi connectivity index (χ3v) is 5.48. The maximum atomic E-state index is 12.5. The second-order valence-corrected chi connectivity index (χ2v) is 7.66. The molecule has 0 radical (unpaired) electrons. The summed E-state index contributed by atoms with van der Waals surface area (Å²) in [7, 11) is -2.03. The fourth-order valence-electron chi connectivity index (χ4n) is 1.87. The Bertz CT molecular complexity index is 778. The Balaban J connectivity index is 2.37. The van der Waals surface area contributed by atoms with Gasteiger partial charge in [-0.25, -0.2) is 8.42 Å². The molecule has 0 amide bonds. The minimum Gasteiger partial charge on any atom is -0.496 e. The highest BCUT2D eigenvalue weighted by Crippen LogP contribution is 2.29. The first-order valence-electron chi connectivity index (χ1n) is 5.93. The first-order chi connectivity index (χ1) is 9.83. The quantitative estimate of drug-likeness (QED) is 0.809. The molecule has 0 unspecified atom stereocenters. The molecule has 4 nitrogen and oxygen atoms in total. The normalized spacial score (nSPS) is 11.4. The number of sulfone groups is 1. The van der Waals surface area contributed by atoms with Gasteiger partial charge < -0.3 is 10.5 Å². The standard InChI is InChI=1S/C14H13BrClNO3S/c1-20-13-5-2-9(6-11(13)15)8-21(18,19)14-7-10(16)3-4-12(14)17/h2-7H,8,17H2,1H3. The van der Waals surface area contributed by atoms with Crippen LogP contribution in [0.2, 0.25) is 5.02 Å². The minimum absolute atomic E-state index is 0.0435. The van der Waals surface area contributed by atoms with Crippen LogP contribution in [0, 0.1) is 0 Å². The fourth-order valence-corrected chi connectivity index (χ4v) is 4.21. The molecule has 0 saturated carbocycles. The Morgan fingerprint density at radius 3 is 2.57 bits per heavy atom. The number of nitrogens with two attached hydrogens (primary N) is 1. The molecule has 0 heterocycles. The Morgan fingerprint density at radius 2 is 1.95 bits per heavy atom. The van der Waals surface area contributed by atoms with Gasteiger partial charge in [0.2, 0.25) is 0 Å².